The van der Waals surface area contributed by atoms with Crippen LogP contribution in [0.4, 0.5) is 0 Å². The van der Waals surface area contributed by atoms with E-state index in [1.807, 2.05) is 6.92 Å². The number of hydrogen-bond acceptors (Lipinski definition) is 32. The summed E-state index contributed by atoms with van der Waals surface area (Å²) in [5.41, 5.74) is 0. The van der Waals surface area contributed by atoms with Crippen LogP contribution in [0.1, 0.15) is 352 Å². The van der Waals surface area contributed by atoms with Crippen LogP contribution in [0, 0.1) is 0 Å². The van der Waals surface area contributed by atoms with Crippen molar-refractivity contribution in [2.45, 2.75) is 444 Å². The fourth-order valence-corrected chi connectivity index (χ4v) is 10.9. The summed E-state index contributed by atoms with van der Waals surface area (Å²) < 4.78 is 49.3. The minimum atomic E-state index is -0.808. The number of carbonyl (C=O) groups is 10. The molecule has 0 spiro atoms. The molecule has 0 amide bonds. The molecule has 0 aliphatic carbocycles. The molecule has 0 aromatic carbocycles. The zero-order chi connectivity index (χ0) is 90.4. The van der Waals surface area contributed by atoms with Crippen LogP contribution in [0.2, 0.25) is 0 Å². The van der Waals surface area contributed by atoms with E-state index in [1.54, 1.807) is 41.5 Å². The highest BCUT2D eigenvalue weighted by Crippen LogP contribution is 2.19. The Kier molecular flexibility index (Phi) is 85.4. The Labute approximate surface area is 704 Å². The molecule has 32 heteroatoms. The van der Waals surface area contributed by atoms with Gasteiger partial charge in [0.05, 0.1) is 87.5 Å². The second-order valence-electron chi connectivity index (χ2n) is 30.5. The largest absolute Gasteiger partial charge is 0.469 e. The van der Waals surface area contributed by atoms with Crippen LogP contribution in [-0.2, 0) is 95.3 Å². The number of methoxy groups -OCH3 is 2. The van der Waals surface area contributed by atoms with Crippen LogP contribution >= 0.6 is 0 Å². The first-order valence-electron chi connectivity index (χ1n) is 43.3. The van der Waals surface area contributed by atoms with E-state index < -0.39 is 127 Å². The maximum absolute atomic E-state index is 12.0. The van der Waals surface area contributed by atoms with Crippen molar-refractivity contribution in [2.24, 2.45) is 0 Å². The second-order valence-corrected chi connectivity index (χ2v) is 30.5. The summed E-state index contributed by atoms with van der Waals surface area (Å²) in [4.78, 5) is 113. The topological polar surface area (TPSA) is 506 Å². The molecule has 12 N–H and O–H groups in total. The number of aliphatic hydroxyl groups is 12. The molecule has 0 rings (SSSR count). The van der Waals surface area contributed by atoms with Gasteiger partial charge >= 0.3 is 59.7 Å². The zero-order valence-corrected chi connectivity index (χ0v) is 74.1. The van der Waals surface area contributed by atoms with E-state index in [4.69, 9.17) is 48.1 Å². The summed E-state index contributed by atoms with van der Waals surface area (Å²) in [6.45, 7) is 15.8. The lowest BCUT2D eigenvalue weighted by Gasteiger charge is -2.17. The summed E-state index contributed by atoms with van der Waals surface area (Å²) in [6.07, 6.45) is 23.3. The molecule has 0 fully saturated rings. The third-order valence-corrected chi connectivity index (χ3v) is 18.8. The molecule has 118 heavy (non-hydrogen) atoms. The first-order chi connectivity index (χ1) is 55.8. The lowest BCUT2D eigenvalue weighted by molar-refractivity contribution is -0.165. The van der Waals surface area contributed by atoms with Crippen LogP contribution in [0.3, 0.4) is 0 Å². The highest BCUT2D eigenvalue weighted by atomic mass is 16.6. The van der Waals surface area contributed by atoms with Gasteiger partial charge in [-0.3, -0.25) is 47.9 Å². The van der Waals surface area contributed by atoms with Gasteiger partial charge < -0.3 is 109 Å². The van der Waals surface area contributed by atoms with Crippen molar-refractivity contribution < 1.29 is 157 Å². The monoisotopic (exact) mass is 1710 g/mol. The number of aliphatic hydroxyl groups excluding tert-OH is 12. The summed E-state index contributed by atoms with van der Waals surface area (Å²) in [5, 5.41) is 112. The molecule has 13 unspecified atom stereocenters. The molecule has 13 atom stereocenters. The standard InChI is InChI=1S/C26H50O8.2C18H32O8.2C12H24O4/c1-4-22(34-26(32)18-14-10-6-8-12-16-24(30)21(3)28)19-33-25(31)17-13-9-5-7-11-15-23(29)20(2)27;2*1-13(19)17(22)9-7-5-4-6-8-10-18(23)26-16(11-24-14(2)20)12-25-15(3)21;2*1-10(13)11(14)8-6-4-3-5-7-9-12(15)16-2/h20-24,27-30H,4-19H2,1-3H3;2*13,16-17,19,22H,4-12H2,1-3H3;2*10-11,13-14H,3-9H2,1-2H3. The van der Waals surface area contributed by atoms with Gasteiger partial charge in [-0.05, 0) is 125 Å². The molecular formula is C86H162O32. The molecule has 0 bridgehead atoms. The Morgan fingerprint density at radius 3 is 0.559 bits per heavy atom. The Morgan fingerprint density at radius 1 is 0.220 bits per heavy atom. The molecule has 0 aromatic rings. The van der Waals surface area contributed by atoms with Crippen LogP contribution < -0.4 is 0 Å². The van der Waals surface area contributed by atoms with Crippen molar-refractivity contribution in [3.63, 3.8) is 0 Å². The second kappa shape index (κ2) is 83.5. The summed E-state index contributed by atoms with van der Waals surface area (Å²) in [7, 11) is 2.81. The molecule has 32 nitrogen and oxygen atoms in total. The van der Waals surface area contributed by atoms with Gasteiger partial charge in [0.15, 0.2) is 12.2 Å². The van der Waals surface area contributed by atoms with Crippen LogP contribution in [0.5, 0.6) is 0 Å². The maximum Gasteiger partial charge on any atom is 0.306 e. The number of esters is 10. The van der Waals surface area contributed by atoms with Crippen LogP contribution in [-0.4, -0.2) is 260 Å². The van der Waals surface area contributed by atoms with Crippen molar-refractivity contribution in [1.29, 1.82) is 0 Å². The Hall–Kier alpha value is -5.78. The lowest BCUT2D eigenvalue weighted by Crippen LogP contribution is -2.30. The van der Waals surface area contributed by atoms with E-state index in [0.29, 0.717) is 83.5 Å². The van der Waals surface area contributed by atoms with Gasteiger partial charge in [0, 0.05) is 66.2 Å². The van der Waals surface area contributed by atoms with Gasteiger partial charge in [0.1, 0.15) is 39.1 Å². The molecule has 0 aliphatic heterocycles. The molecule has 0 aliphatic rings. The third-order valence-electron chi connectivity index (χ3n) is 18.8. The first kappa shape index (κ1) is 121. The summed E-state index contributed by atoms with van der Waals surface area (Å²) in [6, 6.07) is 0. The number of carbonyl (C=O) groups excluding carboxylic acids is 10. The quantitative estimate of drug-likeness (QED) is 0.0153. The van der Waals surface area contributed by atoms with E-state index in [9.17, 15) is 99.0 Å². The Morgan fingerprint density at radius 2 is 0.381 bits per heavy atom. The number of hydrogen-bond donors (Lipinski definition) is 12. The molecule has 698 valence electrons. The smallest absolute Gasteiger partial charge is 0.306 e. The average molecular weight is 1710 g/mol. The Balaban J connectivity index is -0.000000463. The fourth-order valence-electron chi connectivity index (χ4n) is 10.9. The summed E-state index contributed by atoms with van der Waals surface area (Å²) >= 11 is 0. The van der Waals surface area contributed by atoms with E-state index in [0.717, 1.165) is 180 Å². The molecular weight excluding hydrogens is 1540 g/mol. The molecule has 0 saturated carbocycles. The van der Waals surface area contributed by atoms with Gasteiger partial charge in [-0.15, -0.1) is 0 Å². The molecule has 0 heterocycles. The maximum atomic E-state index is 12.0. The molecule has 0 saturated heterocycles. The van der Waals surface area contributed by atoms with Crippen molar-refractivity contribution in [3.8, 4) is 0 Å². The third kappa shape index (κ3) is 89.5. The number of unbranched alkanes of at least 4 members (excludes halogenated alkanes) is 24. The van der Waals surface area contributed by atoms with Crippen molar-refractivity contribution >= 4 is 59.7 Å². The van der Waals surface area contributed by atoms with Gasteiger partial charge in [0.25, 0.3) is 0 Å². The highest BCUT2D eigenvalue weighted by Gasteiger charge is 2.22. The van der Waals surface area contributed by atoms with Crippen LogP contribution in [0.25, 0.3) is 0 Å². The van der Waals surface area contributed by atoms with E-state index in [2.05, 4.69) is 9.47 Å². The number of ether oxygens (including phenoxy) is 10. The number of rotatable bonds is 68. The first-order valence-corrected chi connectivity index (χ1v) is 43.3. The zero-order valence-electron chi connectivity index (χ0n) is 74.1. The van der Waals surface area contributed by atoms with Crippen molar-refractivity contribution in [2.75, 3.05) is 47.3 Å². The van der Waals surface area contributed by atoms with Crippen molar-refractivity contribution in [1.82, 2.24) is 0 Å². The minimum absolute atomic E-state index is 0.0872. The van der Waals surface area contributed by atoms with Crippen LogP contribution in [0.15, 0.2) is 0 Å². The lowest BCUT2D eigenvalue weighted by atomic mass is 10.0. The van der Waals surface area contributed by atoms with E-state index in [1.165, 1.54) is 41.9 Å². The van der Waals surface area contributed by atoms with E-state index in [-0.39, 0.29) is 69.8 Å². The van der Waals surface area contributed by atoms with Gasteiger partial charge in [-0.2, -0.15) is 0 Å². The Bertz CT molecular complexity index is 2290. The fraction of sp³-hybridized carbons (Fsp3) is 0.884. The summed E-state index contributed by atoms with van der Waals surface area (Å²) in [5.74, 6) is -3.73. The van der Waals surface area contributed by atoms with Gasteiger partial charge in [-0.25, -0.2) is 0 Å². The van der Waals surface area contributed by atoms with Crippen molar-refractivity contribution in [3.05, 3.63) is 0 Å². The normalized spacial score (nSPS) is 14.3. The predicted molar refractivity (Wildman–Crippen MR) is 441 cm³/mol. The molecule has 0 radical (unpaired) electrons. The van der Waals surface area contributed by atoms with E-state index >= 15 is 0 Å². The minimum Gasteiger partial charge on any atom is -0.469 e. The SMILES string of the molecule is CC(=O)OCC(COC(C)=O)OC(=O)CCCCCCCC(O)C(C)O.CC(=O)OCC(COC(C)=O)OC(=O)CCCCCCCC(O)C(C)O.CCC(COC(=O)CCCCCCCC(O)C(C)O)OC(=O)CCCCCCCC(O)C(C)O.COC(=O)CCCCCCCC(O)C(C)O.COC(=O)CCCCCCCC(O)C(C)O. The average Bonchev–Trinajstić information content (AvgIpc) is 0.958. The van der Waals surface area contributed by atoms with Gasteiger partial charge in [0.2, 0.25) is 0 Å². The molecule has 0 aromatic heterocycles. The highest BCUT2D eigenvalue weighted by molar-refractivity contribution is 5.72. The van der Waals surface area contributed by atoms with Gasteiger partial charge in [-0.1, -0.05) is 161 Å². The predicted octanol–water partition coefficient (Wildman–Crippen LogP) is 10.1.